The number of carbonyl (C=O) groups excluding carboxylic acids is 1. The van der Waals surface area contributed by atoms with E-state index in [9.17, 15) is 13.2 Å². The van der Waals surface area contributed by atoms with Gasteiger partial charge in [-0.25, -0.2) is 13.2 Å². The number of ether oxygens (including phenoxy) is 1. The molecule has 0 bridgehead atoms. The molecule has 0 aromatic heterocycles. The fourth-order valence-electron chi connectivity index (χ4n) is 3.62. The highest BCUT2D eigenvalue weighted by Crippen LogP contribution is 2.34. The fourth-order valence-corrected chi connectivity index (χ4v) is 5.17. The molecule has 4 rings (SSSR count). The van der Waals surface area contributed by atoms with Gasteiger partial charge in [-0.3, -0.25) is 4.31 Å². The molecule has 1 heterocycles. The molecule has 1 aliphatic heterocycles. The number of aryl methyl sites for hydroxylation is 1. The zero-order valence-corrected chi connectivity index (χ0v) is 17.9. The van der Waals surface area contributed by atoms with E-state index in [-0.39, 0.29) is 4.90 Å². The molecule has 0 spiro atoms. The zero-order valence-electron chi connectivity index (χ0n) is 17.0. The highest BCUT2D eigenvalue weighted by atomic mass is 32.2. The molecule has 0 radical (unpaired) electrons. The van der Waals surface area contributed by atoms with E-state index in [4.69, 9.17) is 4.74 Å². The summed E-state index contributed by atoms with van der Waals surface area (Å²) in [6, 6.07) is 20.4. The lowest BCUT2D eigenvalue weighted by atomic mass is 10.0. The second-order valence-electron chi connectivity index (χ2n) is 7.12. The second kappa shape index (κ2) is 8.69. The minimum atomic E-state index is -3.69. The van der Waals surface area contributed by atoms with Gasteiger partial charge >= 0.3 is 6.03 Å². The number of amides is 2. The van der Waals surface area contributed by atoms with E-state index in [1.807, 2.05) is 12.1 Å². The molecule has 2 N–H and O–H groups in total. The number of para-hydroxylation sites is 2. The molecule has 0 saturated carbocycles. The number of methoxy groups -OCH3 is 1. The first kappa shape index (κ1) is 20.7. The first-order valence-electron chi connectivity index (χ1n) is 9.91. The Bertz CT molecular complexity index is 1200. The van der Waals surface area contributed by atoms with Gasteiger partial charge in [-0.1, -0.05) is 36.4 Å². The SMILES string of the molecule is COc1ccccc1NC(=O)Nc1ccc2c(c1)N(S(=O)(=O)c1ccccc1)CCC2. The first-order valence-corrected chi connectivity index (χ1v) is 11.3. The average molecular weight is 438 g/mol. The molecule has 0 atom stereocenters. The van der Waals surface area contributed by atoms with Crippen LogP contribution < -0.4 is 19.7 Å². The quantitative estimate of drug-likeness (QED) is 0.616. The number of hydrogen-bond acceptors (Lipinski definition) is 4. The summed E-state index contributed by atoms with van der Waals surface area (Å²) in [7, 11) is -2.16. The Hall–Kier alpha value is -3.52. The zero-order chi connectivity index (χ0) is 21.8. The minimum Gasteiger partial charge on any atom is -0.495 e. The Morgan fingerprint density at radius 2 is 1.71 bits per heavy atom. The third-order valence-electron chi connectivity index (χ3n) is 5.11. The van der Waals surface area contributed by atoms with Crippen LogP contribution in [0, 0.1) is 0 Å². The topological polar surface area (TPSA) is 87.7 Å². The van der Waals surface area contributed by atoms with Crippen LogP contribution in [0.1, 0.15) is 12.0 Å². The van der Waals surface area contributed by atoms with Crippen LogP contribution >= 0.6 is 0 Å². The van der Waals surface area contributed by atoms with E-state index in [1.165, 1.54) is 11.4 Å². The molecule has 1 aliphatic rings. The number of sulfonamides is 1. The van der Waals surface area contributed by atoms with Crippen molar-refractivity contribution >= 4 is 33.1 Å². The third kappa shape index (κ3) is 4.34. The first-order chi connectivity index (χ1) is 15.0. The van der Waals surface area contributed by atoms with Gasteiger partial charge in [-0.2, -0.15) is 0 Å². The van der Waals surface area contributed by atoms with Crippen molar-refractivity contribution in [1.29, 1.82) is 0 Å². The summed E-state index contributed by atoms with van der Waals surface area (Å²) in [5.41, 5.74) is 2.56. The number of fused-ring (bicyclic) bond motifs is 1. The highest BCUT2D eigenvalue weighted by Gasteiger charge is 2.29. The number of urea groups is 1. The van der Waals surface area contributed by atoms with Gasteiger partial charge in [0.15, 0.2) is 0 Å². The fraction of sp³-hybridized carbons (Fsp3) is 0.174. The summed E-state index contributed by atoms with van der Waals surface area (Å²) < 4.78 is 33.1. The van der Waals surface area contributed by atoms with Gasteiger partial charge in [0.05, 0.1) is 23.4 Å². The van der Waals surface area contributed by atoms with Gasteiger partial charge in [0.25, 0.3) is 10.0 Å². The molecule has 0 unspecified atom stereocenters. The molecular formula is C23H23N3O4S. The molecule has 8 heteroatoms. The van der Waals surface area contributed by atoms with Crippen molar-refractivity contribution in [2.45, 2.75) is 17.7 Å². The van der Waals surface area contributed by atoms with Crippen molar-refractivity contribution in [3.8, 4) is 5.75 Å². The summed E-state index contributed by atoms with van der Waals surface area (Å²) in [4.78, 5) is 12.8. The molecule has 31 heavy (non-hydrogen) atoms. The summed E-state index contributed by atoms with van der Waals surface area (Å²) in [5, 5.41) is 5.53. The van der Waals surface area contributed by atoms with Crippen LogP contribution in [0.5, 0.6) is 5.75 Å². The Labute approximate surface area is 181 Å². The molecule has 3 aromatic rings. The maximum absolute atomic E-state index is 13.2. The summed E-state index contributed by atoms with van der Waals surface area (Å²) in [6.07, 6.45) is 1.52. The predicted molar refractivity (Wildman–Crippen MR) is 121 cm³/mol. The number of nitrogens with one attached hydrogen (secondary N) is 2. The van der Waals surface area contributed by atoms with E-state index in [1.54, 1.807) is 60.7 Å². The standard InChI is InChI=1S/C23H23N3O4S/c1-30-22-12-6-5-11-20(22)25-23(27)24-18-14-13-17-8-7-15-26(21(17)16-18)31(28,29)19-9-3-2-4-10-19/h2-6,9-14,16H,7-8,15H2,1H3,(H2,24,25,27). The lowest BCUT2D eigenvalue weighted by Gasteiger charge is -2.31. The van der Waals surface area contributed by atoms with E-state index in [2.05, 4.69) is 10.6 Å². The van der Waals surface area contributed by atoms with Crippen LogP contribution in [-0.4, -0.2) is 28.1 Å². The van der Waals surface area contributed by atoms with Crippen LogP contribution in [-0.2, 0) is 16.4 Å². The van der Waals surface area contributed by atoms with Gasteiger partial charge < -0.3 is 15.4 Å². The van der Waals surface area contributed by atoms with E-state index in [0.29, 0.717) is 29.4 Å². The molecule has 7 nitrogen and oxygen atoms in total. The summed E-state index contributed by atoms with van der Waals surface area (Å²) >= 11 is 0. The monoisotopic (exact) mass is 437 g/mol. The van der Waals surface area contributed by atoms with Gasteiger partial charge in [-0.05, 0) is 54.8 Å². The second-order valence-corrected chi connectivity index (χ2v) is 8.98. The van der Waals surface area contributed by atoms with Gasteiger partial charge in [0, 0.05) is 12.2 Å². The molecular weight excluding hydrogens is 414 g/mol. The Morgan fingerprint density at radius 1 is 0.968 bits per heavy atom. The van der Waals surface area contributed by atoms with Crippen molar-refractivity contribution < 1.29 is 17.9 Å². The smallest absolute Gasteiger partial charge is 0.323 e. The number of benzene rings is 3. The van der Waals surface area contributed by atoms with Crippen molar-refractivity contribution in [3.63, 3.8) is 0 Å². The van der Waals surface area contributed by atoms with Crippen LogP contribution in [0.2, 0.25) is 0 Å². The lowest BCUT2D eigenvalue weighted by Crippen LogP contribution is -2.35. The maximum Gasteiger partial charge on any atom is 0.323 e. The summed E-state index contributed by atoms with van der Waals surface area (Å²) in [6.45, 7) is 0.390. The molecule has 0 fully saturated rings. The van der Waals surface area contributed by atoms with Crippen molar-refractivity contribution in [3.05, 3.63) is 78.4 Å². The molecule has 0 saturated heterocycles. The molecule has 2 amide bonds. The van der Waals surface area contributed by atoms with Crippen molar-refractivity contribution in [2.24, 2.45) is 0 Å². The van der Waals surface area contributed by atoms with E-state index < -0.39 is 16.1 Å². The number of rotatable bonds is 5. The predicted octanol–water partition coefficient (Wildman–Crippen LogP) is 4.48. The highest BCUT2D eigenvalue weighted by molar-refractivity contribution is 7.92. The average Bonchev–Trinajstić information content (AvgIpc) is 2.79. The normalized spacial score (nSPS) is 13.3. The number of hydrogen-bond donors (Lipinski definition) is 2. The number of carbonyl (C=O) groups is 1. The van der Waals surface area contributed by atoms with E-state index in [0.717, 1.165) is 18.4 Å². The van der Waals surface area contributed by atoms with E-state index >= 15 is 0 Å². The Morgan fingerprint density at radius 3 is 2.48 bits per heavy atom. The van der Waals surface area contributed by atoms with Gasteiger partial charge in [0.2, 0.25) is 0 Å². The number of anilines is 3. The lowest BCUT2D eigenvalue weighted by molar-refractivity contribution is 0.262. The molecule has 0 aliphatic carbocycles. The Kier molecular flexibility index (Phi) is 5.81. The maximum atomic E-state index is 13.2. The van der Waals surface area contributed by atoms with Gasteiger partial charge in [0.1, 0.15) is 5.75 Å². The summed E-state index contributed by atoms with van der Waals surface area (Å²) in [5.74, 6) is 0.545. The van der Waals surface area contributed by atoms with Crippen LogP contribution in [0.3, 0.4) is 0 Å². The van der Waals surface area contributed by atoms with Crippen LogP contribution in [0.25, 0.3) is 0 Å². The van der Waals surface area contributed by atoms with Crippen LogP contribution in [0.4, 0.5) is 21.9 Å². The third-order valence-corrected chi connectivity index (χ3v) is 6.93. The van der Waals surface area contributed by atoms with Gasteiger partial charge in [-0.15, -0.1) is 0 Å². The van der Waals surface area contributed by atoms with Crippen LogP contribution in [0.15, 0.2) is 77.7 Å². The largest absolute Gasteiger partial charge is 0.495 e. The Balaban J connectivity index is 1.59. The van der Waals surface area contributed by atoms with Crippen molar-refractivity contribution in [2.75, 3.05) is 28.6 Å². The van der Waals surface area contributed by atoms with Crippen molar-refractivity contribution in [1.82, 2.24) is 0 Å². The molecule has 3 aromatic carbocycles. The molecule has 160 valence electrons. The number of nitrogens with zero attached hydrogens (tertiary/aromatic N) is 1. The minimum absolute atomic E-state index is 0.245.